The lowest BCUT2D eigenvalue weighted by Gasteiger charge is -2.41. The summed E-state index contributed by atoms with van der Waals surface area (Å²) >= 11 is 0. The van der Waals surface area contributed by atoms with E-state index in [0.29, 0.717) is 11.8 Å². The van der Waals surface area contributed by atoms with E-state index in [-0.39, 0.29) is 24.5 Å². The van der Waals surface area contributed by atoms with Crippen molar-refractivity contribution < 1.29 is 19.4 Å². The topological polar surface area (TPSA) is 67.8 Å². The molecule has 0 radical (unpaired) electrons. The van der Waals surface area contributed by atoms with Crippen LogP contribution in [0, 0.1) is 11.8 Å². The van der Waals surface area contributed by atoms with Crippen molar-refractivity contribution in [1.29, 1.82) is 0 Å². The van der Waals surface area contributed by atoms with E-state index in [4.69, 9.17) is 9.47 Å². The van der Waals surface area contributed by atoms with Crippen molar-refractivity contribution in [1.82, 2.24) is 5.32 Å². The lowest BCUT2D eigenvalue weighted by molar-refractivity contribution is -0.187. The Morgan fingerprint density at radius 2 is 1.88 bits per heavy atom. The number of aliphatic carboxylic acids is 1. The third kappa shape index (κ3) is 5.41. The highest BCUT2D eigenvalue weighted by molar-refractivity contribution is 5.74. The maximum atomic E-state index is 11.8. The first-order valence-corrected chi connectivity index (χ1v) is 10.4. The number of hydrogen-bond donors (Lipinski definition) is 2. The first kappa shape index (κ1) is 19.1. The highest BCUT2D eigenvalue weighted by Gasteiger charge is 2.39. The number of ether oxygens (including phenoxy) is 2. The van der Waals surface area contributed by atoms with Crippen LogP contribution < -0.4 is 5.32 Å². The Morgan fingerprint density at radius 1 is 1.12 bits per heavy atom. The van der Waals surface area contributed by atoms with Gasteiger partial charge in [0.1, 0.15) is 6.04 Å². The van der Waals surface area contributed by atoms with E-state index in [1.165, 1.54) is 38.5 Å². The van der Waals surface area contributed by atoms with Crippen molar-refractivity contribution in [2.45, 2.75) is 102 Å². The summed E-state index contributed by atoms with van der Waals surface area (Å²) in [7, 11) is 0. The maximum absolute atomic E-state index is 11.8. The van der Waals surface area contributed by atoms with Crippen LogP contribution in [0.1, 0.15) is 77.6 Å². The molecule has 2 saturated heterocycles. The van der Waals surface area contributed by atoms with Gasteiger partial charge in [-0.15, -0.1) is 0 Å². The SMILES string of the molecule is CC(CC1CCC(C2CCCCC2)C(C(=O)O)N1)OC1CCCCO1. The van der Waals surface area contributed by atoms with Gasteiger partial charge in [-0.2, -0.15) is 0 Å². The van der Waals surface area contributed by atoms with Crippen LogP contribution in [0.25, 0.3) is 0 Å². The third-order valence-corrected chi connectivity index (χ3v) is 6.35. The van der Waals surface area contributed by atoms with Crippen LogP contribution in [0.4, 0.5) is 0 Å². The molecule has 2 heterocycles. The molecule has 144 valence electrons. The van der Waals surface area contributed by atoms with E-state index >= 15 is 0 Å². The van der Waals surface area contributed by atoms with Crippen molar-refractivity contribution >= 4 is 5.97 Å². The van der Waals surface area contributed by atoms with E-state index < -0.39 is 5.97 Å². The molecule has 0 bridgehead atoms. The van der Waals surface area contributed by atoms with Crippen molar-refractivity contribution in [3.63, 3.8) is 0 Å². The number of carboxylic acid groups (broad SMARTS) is 1. The van der Waals surface area contributed by atoms with Gasteiger partial charge in [0.05, 0.1) is 6.10 Å². The molecule has 25 heavy (non-hydrogen) atoms. The molecule has 5 heteroatoms. The number of rotatable bonds is 6. The molecular weight excluding hydrogens is 318 g/mol. The van der Waals surface area contributed by atoms with Gasteiger partial charge in [-0.25, -0.2) is 0 Å². The minimum Gasteiger partial charge on any atom is -0.480 e. The monoisotopic (exact) mass is 353 g/mol. The number of hydrogen-bond acceptors (Lipinski definition) is 4. The summed E-state index contributed by atoms with van der Waals surface area (Å²) in [5.41, 5.74) is 0. The van der Waals surface area contributed by atoms with Crippen molar-refractivity contribution in [2.24, 2.45) is 11.8 Å². The molecule has 0 aromatic heterocycles. The Morgan fingerprint density at radius 3 is 2.56 bits per heavy atom. The predicted molar refractivity (Wildman–Crippen MR) is 96.4 cm³/mol. The van der Waals surface area contributed by atoms with Gasteiger partial charge in [0, 0.05) is 12.6 Å². The molecule has 0 aromatic carbocycles. The Balaban J connectivity index is 1.49. The summed E-state index contributed by atoms with van der Waals surface area (Å²) in [5, 5.41) is 13.2. The number of carbonyl (C=O) groups is 1. The summed E-state index contributed by atoms with van der Waals surface area (Å²) in [6, 6.07) is -0.153. The molecular formula is C20H35NO4. The molecule has 0 aromatic rings. The van der Waals surface area contributed by atoms with Gasteiger partial charge in [-0.05, 0) is 57.3 Å². The molecule has 2 N–H and O–H groups in total. The smallest absolute Gasteiger partial charge is 0.321 e. The molecule has 0 spiro atoms. The van der Waals surface area contributed by atoms with E-state index in [1.807, 2.05) is 0 Å². The van der Waals surface area contributed by atoms with E-state index in [9.17, 15) is 9.90 Å². The zero-order valence-corrected chi connectivity index (χ0v) is 15.6. The summed E-state index contributed by atoms with van der Waals surface area (Å²) in [4.78, 5) is 11.8. The lowest BCUT2D eigenvalue weighted by Crippen LogP contribution is -2.54. The second-order valence-electron chi connectivity index (χ2n) is 8.30. The summed E-state index contributed by atoms with van der Waals surface area (Å²) in [6.45, 7) is 2.88. The average molecular weight is 354 g/mol. The van der Waals surface area contributed by atoms with Gasteiger partial charge in [0.2, 0.25) is 0 Å². The van der Waals surface area contributed by atoms with Crippen LogP contribution >= 0.6 is 0 Å². The minimum atomic E-state index is -0.676. The zero-order valence-electron chi connectivity index (χ0n) is 15.6. The first-order chi connectivity index (χ1) is 12.1. The predicted octanol–water partition coefficient (Wildman–Crippen LogP) is 3.71. The van der Waals surface area contributed by atoms with Crippen LogP contribution in [0.3, 0.4) is 0 Å². The van der Waals surface area contributed by atoms with Gasteiger partial charge in [0.25, 0.3) is 0 Å². The average Bonchev–Trinajstić information content (AvgIpc) is 2.63. The fourth-order valence-electron chi connectivity index (χ4n) is 5.07. The Hall–Kier alpha value is -0.650. The lowest BCUT2D eigenvalue weighted by atomic mass is 9.72. The minimum absolute atomic E-state index is 0.0717. The van der Waals surface area contributed by atoms with Crippen LogP contribution in [-0.2, 0) is 14.3 Å². The van der Waals surface area contributed by atoms with Crippen LogP contribution in [0.15, 0.2) is 0 Å². The van der Waals surface area contributed by atoms with Crippen LogP contribution in [0.5, 0.6) is 0 Å². The molecule has 3 fully saturated rings. The van der Waals surface area contributed by atoms with Gasteiger partial charge in [-0.3, -0.25) is 4.79 Å². The van der Waals surface area contributed by atoms with E-state index in [1.54, 1.807) is 0 Å². The third-order valence-electron chi connectivity index (χ3n) is 6.35. The normalized spacial score (nSPS) is 36.0. The summed E-state index contributed by atoms with van der Waals surface area (Å²) < 4.78 is 11.7. The molecule has 3 rings (SSSR count). The van der Waals surface area contributed by atoms with Gasteiger partial charge < -0.3 is 19.9 Å². The molecule has 5 nitrogen and oxygen atoms in total. The fraction of sp³-hybridized carbons (Fsp3) is 0.950. The Kier molecular flexibility index (Phi) is 7.14. The van der Waals surface area contributed by atoms with Crippen molar-refractivity contribution in [3.05, 3.63) is 0 Å². The second kappa shape index (κ2) is 9.33. The molecule has 5 unspecified atom stereocenters. The molecule has 2 aliphatic heterocycles. The maximum Gasteiger partial charge on any atom is 0.321 e. The Bertz CT molecular complexity index is 418. The first-order valence-electron chi connectivity index (χ1n) is 10.4. The van der Waals surface area contributed by atoms with Gasteiger partial charge in [-0.1, -0.05) is 32.1 Å². The van der Waals surface area contributed by atoms with Gasteiger partial charge in [0.15, 0.2) is 6.29 Å². The molecule has 3 aliphatic rings. The van der Waals surface area contributed by atoms with Crippen molar-refractivity contribution in [2.75, 3.05) is 6.61 Å². The zero-order chi connectivity index (χ0) is 17.6. The summed E-state index contributed by atoms with van der Waals surface area (Å²) in [6.07, 6.45) is 12.5. The standard InChI is InChI=1S/C20H35NO4/c1-14(25-18-9-5-6-12-24-18)13-16-10-11-17(19(21-16)20(22)23)15-7-3-2-4-8-15/h14-19,21H,2-13H2,1H3,(H,22,23). The number of nitrogens with one attached hydrogen (secondary N) is 1. The van der Waals surface area contributed by atoms with Gasteiger partial charge >= 0.3 is 5.97 Å². The Labute approximate surface area is 151 Å². The van der Waals surface area contributed by atoms with Crippen LogP contribution in [0.2, 0.25) is 0 Å². The summed E-state index contributed by atoms with van der Waals surface area (Å²) in [5.74, 6) is 0.212. The number of carboxylic acids is 1. The van der Waals surface area contributed by atoms with E-state index in [2.05, 4.69) is 12.2 Å². The molecule has 5 atom stereocenters. The number of piperidine rings is 1. The quantitative estimate of drug-likeness (QED) is 0.762. The highest BCUT2D eigenvalue weighted by Crippen LogP contribution is 2.37. The van der Waals surface area contributed by atoms with Crippen molar-refractivity contribution in [3.8, 4) is 0 Å². The second-order valence-corrected chi connectivity index (χ2v) is 8.30. The molecule has 0 amide bonds. The highest BCUT2D eigenvalue weighted by atomic mass is 16.7. The van der Waals surface area contributed by atoms with Crippen LogP contribution in [-0.4, -0.2) is 42.2 Å². The molecule has 1 aliphatic carbocycles. The fourth-order valence-corrected chi connectivity index (χ4v) is 5.07. The van der Waals surface area contributed by atoms with E-state index in [0.717, 1.165) is 38.7 Å². The largest absolute Gasteiger partial charge is 0.480 e. The molecule has 1 saturated carbocycles.